The standard InChI is InChI=1S/C15H20N2O2S2/c1-3-12-7-8-14(10-15(12)16)21(18,19)17(4-2)11-13-6-5-9-20-13/h5-10H,3-4,11,16H2,1-2H3. The first kappa shape index (κ1) is 16.0. The third kappa shape index (κ3) is 3.45. The molecule has 0 saturated carbocycles. The number of thiophene rings is 1. The molecule has 0 bridgehead atoms. The van der Waals surface area contributed by atoms with Gasteiger partial charge in [-0.15, -0.1) is 11.3 Å². The van der Waals surface area contributed by atoms with Crippen LogP contribution in [0.15, 0.2) is 40.6 Å². The zero-order chi connectivity index (χ0) is 15.5. The van der Waals surface area contributed by atoms with Gasteiger partial charge in [0.05, 0.1) is 4.90 Å². The second kappa shape index (κ2) is 6.60. The van der Waals surface area contributed by atoms with Crippen LogP contribution < -0.4 is 5.73 Å². The zero-order valence-electron chi connectivity index (χ0n) is 12.2. The van der Waals surface area contributed by atoms with Crippen LogP contribution in [0, 0.1) is 0 Å². The molecule has 0 radical (unpaired) electrons. The Hall–Kier alpha value is -1.37. The third-order valence-corrected chi connectivity index (χ3v) is 6.18. The Kier molecular flexibility index (Phi) is 5.03. The molecule has 0 spiro atoms. The molecule has 2 rings (SSSR count). The number of hydrogen-bond acceptors (Lipinski definition) is 4. The van der Waals surface area contributed by atoms with E-state index in [4.69, 9.17) is 5.73 Å². The van der Waals surface area contributed by atoms with Crippen molar-refractivity contribution >= 4 is 27.0 Å². The molecule has 6 heteroatoms. The summed E-state index contributed by atoms with van der Waals surface area (Å²) in [6.45, 7) is 4.66. The lowest BCUT2D eigenvalue weighted by molar-refractivity contribution is 0.426. The largest absolute Gasteiger partial charge is 0.398 e. The van der Waals surface area contributed by atoms with Gasteiger partial charge in [-0.25, -0.2) is 8.42 Å². The molecule has 0 fully saturated rings. The Bertz CT molecular complexity index is 694. The van der Waals surface area contributed by atoms with Gasteiger partial charge >= 0.3 is 0 Å². The van der Waals surface area contributed by atoms with Crippen molar-refractivity contribution in [3.8, 4) is 0 Å². The lowest BCUT2D eigenvalue weighted by Gasteiger charge is -2.20. The smallest absolute Gasteiger partial charge is 0.243 e. The lowest BCUT2D eigenvalue weighted by Crippen LogP contribution is -2.30. The summed E-state index contributed by atoms with van der Waals surface area (Å²) >= 11 is 1.56. The average molecular weight is 324 g/mol. The van der Waals surface area contributed by atoms with Gasteiger partial charge in [-0.05, 0) is 35.6 Å². The first-order valence-electron chi connectivity index (χ1n) is 6.90. The van der Waals surface area contributed by atoms with E-state index in [0.29, 0.717) is 18.8 Å². The van der Waals surface area contributed by atoms with Gasteiger partial charge in [0, 0.05) is 23.7 Å². The maximum absolute atomic E-state index is 12.7. The fraction of sp³-hybridized carbons (Fsp3) is 0.333. The molecule has 114 valence electrons. The Morgan fingerprint density at radius 3 is 2.52 bits per heavy atom. The fourth-order valence-electron chi connectivity index (χ4n) is 2.15. The summed E-state index contributed by atoms with van der Waals surface area (Å²) in [5, 5.41) is 1.95. The van der Waals surface area contributed by atoms with Crippen LogP contribution in [0.1, 0.15) is 24.3 Å². The van der Waals surface area contributed by atoms with Crippen molar-refractivity contribution < 1.29 is 8.42 Å². The normalized spacial score (nSPS) is 12.0. The van der Waals surface area contributed by atoms with Crippen molar-refractivity contribution in [2.45, 2.75) is 31.7 Å². The number of aryl methyl sites for hydroxylation is 1. The monoisotopic (exact) mass is 324 g/mol. The maximum Gasteiger partial charge on any atom is 0.243 e. The molecule has 0 aliphatic carbocycles. The molecule has 0 unspecified atom stereocenters. The number of sulfonamides is 1. The van der Waals surface area contributed by atoms with Crippen LogP contribution in [0.2, 0.25) is 0 Å². The van der Waals surface area contributed by atoms with E-state index in [1.807, 2.05) is 31.4 Å². The molecule has 21 heavy (non-hydrogen) atoms. The van der Waals surface area contributed by atoms with Gasteiger partial charge in [0.1, 0.15) is 0 Å². The highest BCUT2D eigenvalue weighted by atomic mass is 32.2. The molecule has 0 atom stereocenters. The van der Waals surface area contributed by atoms with Gasteiger partial charge in [-0.1, -0.05) is 26.0 Å². The van der Waals surface area contributed by atoms with E-state index >= 15 is 0 Å². The molecule has 1 heterocycles. The minimum absolute atomic E-state index is 0.260. The SMILES string of the molecule is CCc1ccc(S(=O)(=O)N(CC)Cc2cccs2)cc1N. The summed E-state index contributed by atoms with van der Waals surface area (Å²) in [4.78, 5) is 1.29. The minimum atomic E-state index is -3.51. The highest BCUT2D eigenvalue weighted by Gasteiger charge is 2.24. The Morgan fingerprint density at radius 2 is 2.00 bits per heavy atom. The van der Waals surface area contributed by atoms with Gasteiger partial charge in [0.25, 0.3) is 0 Å². The minimum Gasteiger partial charge on any atom is -0.398 e. The van der Waals surface area contributed by atoms with E-state index in [0.717, 1.165) is 16.9 Å². The Morgan fingerprint density at radius 1 is 1.24 bits per heavy atom. The third-order valence-electron chi connectivity index (χ3n) is 3.40. The van der Waals surface area contributed by atoms with Crippen LogP contribution in [-0.2, 0) is 23.0 Å². The summed E-state index contributed by atoms with van der Waals surface area (Å²) in [5.41, 5.74) is 7.43. The summed E-state index contributed by atoms with van der Waals surface area (Å²) in [6.07, 6.45) is 0.791. The first-order chi connectivity index (χ1) is 9.98. The van der Waals surface area contributed by atoms with Gasteiger partial charge in [-0.3, -0.25) is 0 Å². The first-order valence-corrected chi connectivity index (χ1v) is 9.22. The highest BCUT2D eigenvalue weighted by molar-refractivity contribution is 7.89. The number of nitrogens with two attached hydrogens (primary N) is 1. The van der Waals surface area contributed by atoms with E-state index in [1.165, 1.54) is 4.31 Å². The molecule has 1 aromatic heterocycles. The summed E-state index contributed by atoms with van der Waals surface area (Å²) in [5.74, 6) is 0. The topological polar surface area (TPSA) is 63.4 Å². The maximum atomic E-state index is 12.7. The zero-order valence-corrected chi connectivity index (χ0v) is 13.9. The molecule has 2 aromatic rings. The van der Waals surface area contributed by atoms with E-state index < -0.39 is 10.0 Å². The number of rotatable bonds is 6. The van der Waals surface area contributed by atoms with E-state index in [-0.39, 0.29) is 4.90 Å². The van der Waals surface area contributed by atoms with Crippen molar-refractivity contribution in [2.75, 3.05) is 12.3 Å². The molecule has 4 nitrogen and oxygen atoms in total. The quantitative estimate of drug-likeness (QED) is 0.831. The van der Waals surface area contributed by atoms with Crippen LogP contribution in [0.25, 0.3) is 0 Å². The Labute approximate surface area is 130 Å². The fourth-order valence-corrected chi connectivity index (χ4v) is 4.41. The number of anilines is 1. The van der Waals surface area contributed by atoms with Crippen molar-refractivity contribution in [1.29, 1.82) is 0 Å². The number of benzene rings is 1. The van der Waals surface area contributed by atoms with Crippen molar-refractivity contribution in [3.05, 3.63) is 46.2 Å². The van der Waals surface area contributed by atoms with E-state index in [9.17, 15) is 8.42 Å². The Balaban J connectivity index is 2.32. The molecule has 0 saturated heterocycles. The van der Waals surface area contributed by atoms with E-state index in [1.54, 1.807) is 29.5 Å². The summed E-state index contributed by atoms with van der Waals surface area (Å²) < 4.78 is 26.9. The summed E-state index contributed by atoms with van der Waals surface area (Å²) in [7, 11) is -3.51. The van der Waals surface area contributed by atoms with Gasteiger partial charge in [0.2, 0.25) is 10.0 Å². The molecule has 2 N–H and O–H groups in total. The predicted octanol–water partition coefficient (Wildman–Crippen LogP) is 3.10. The van der Waals surface area contributed by atoms with Crippen molar-refractivity contribution in [3.63, 3.8) is 0 Å². The van der Waals surface area contributed by atoms with Crippen LogP contribution in [0.4, 0.5) is 5.69 Å². The molecule has 1 aromatic carbocycles. The van der Waals surface area contributed by atoms with Crippen LogP contribution in [0.5, 0.6) is 0 Å². The molecule has 0 aliphatic rings. The number of nitrogens with zero attached hydrogens (tertiary/aromatic N) is 1. The molecular weight excluding hydrogens is 304 g/mol. The number of hydrogen-bond donors (Lipinski definition) is 1. The molecule has 0 amide bonds. The number of nitrogen functional groups attached to an aromatic ring is 1. The van der Waals surface area contributed by atoms with E-state index in [2.05, 4.69) is 0 Å². The lowest BCUT2D eigenvalue weighted by atomic mass is 10.1. The second-order valence-electron chi connectivity index (χ2n) is 4.72. The van der Waals surface area contributed by atoms with Crippen LogP contribution in [0.3, 0.4) is 0 Å². The second-order valence-corrected chi connectivity index (χ2v) is 7.69. The highest BCUT2D eigenvalue weighted by Crippen LogP contribution is 2.23. The molecule has 0 aliphatic heterocycles. The van der Waals surface area contributed by atoms with Gasteiger partial charge < -0.3 is 5.73 Å². The van der Waals surface area contributed by atoms with Crippen molar-refractivity contribution in [1.82, 2.24) is 4.31 Å². The predicted molar refractivity (Wildman–Crippen MR) is 87.8 cm³/mol. The van der Waals surface area contributed by atoms with Crippen molar-refractivity contribution in [2.24, 2.45) is 0 Å². The average Bonchev–Trinajstić information content (AvgIpc) is 2.97. The van der Waals surface area contributed by atoms with Crippen LogP contribution in [-0.4, -0.2) is 19.3 Å². The molecular formula is C15H20N2O2S2. The van der Waals surface area contributed by atoms with Gasteiger partial charge in [-0.2, -0.15) is 4.31 Å². The van der Waals surface area contributed by atoms with Crippen LogP contribution >= 0.6 is 11.3 Å². The van der Waals surface area contributed by atoms with Gasteiger partial charge in [0.15, 0.2) is 0 Å². The summed E-state index contributed by atoms with van der Waals surface area (Å²) in [6, 6.07) is 8.86.